The molecule has 0 amide bonds. The molecule has 1 saturated heterocycles. The first-order valence-corrected chi connectivity index (χ1v) is 8.96. The Hall–Kier alpha value is -2.95. The van der Waals surface area contributed by atoms with Crippen LogP contribution in [0.2, 0.25) is 0 Å². The maximum absolute atomic E-state index is 13.1. The van der Waals surface area contributed by atoms with Crippen molar-refractivity contribution in [1.82, 2.24) is 9.97 Å². The van der Waals surface area contributed by atoms with E-state index in [1.54, 1.807) is 12.1 Å². The highest BCUT2D eigenvalue weighted by atomic mass is 19.1. The maximum atomic E-state index is 13.1. The van der Waals surface area contributed by atoms with Crippen molar-refractivity contribution >= 4 is 11.8 Å². The van der Waals surface area contributed by atoms with E-state index in [1.165, 1.54) is 25.0 Å². The largest absolute Gasteiger partial charge is 0.356 e. The highest BCUT2D eigenvalue weighted by Gasteiger charge is 2.16. The molecule has 1 N–H and O–H groups in total. The molecular formula is C21H21FN4. The van der Waals surface area contributed by atoms with E-state index >= 15 is 0 Å². The molecule has 4 rings (SSSR count). The molecule has 0 saturated carbocycles. The van der Waals surface area contributed by atoms with Gasteiger partial charge in [0.2, 0.25) is 5.95 Å². The topological polar surface area (TPSA) is 41.1 Å². The smallest absolute Gasteiger partial charge is 0.225 e. The van der Waals surface area contributed by atoms with Gasteiger partial charge in [-0.25, -0.2) is 9.37 Å². The van der Waals surface area contributed by atoms with Gasteiger partial charge >= 0.3 is 0 Å². The van der Waals surface area contributed by atoms with Crippen molar-refractivity contribution in [2.75, 3.05) is 23.3 Å². The van der Waals surface area contributed by atoms with Crippen LogP contribution in [0.1, 0.15) is 18.4 Å². The van der Waals surface area contributed by atoms with E-state index in [1.807, 2.05) is 18.2 Å². The van der Waals surface area contributed by atoms with Gasteiger partial charge in [0.25, 0.3) is 0 Å². The van der Waals surface area contributed by atoms with Gasteiger partial charge in [0.05, 0.1) is 5.69 Å². The summed E-state index contributed by atoms with van der Waals surface area (Å²) in [5.41, 5.74) is 2.96. The number of nitrogens with zero attached hydrogens (tertiary/aromatic N) is 3. The Morgan fingerprint density at radius 2 is 1.65 bits per heavy atom. The summed E-state index contributed by atoms with van der Waals surface area (Å²) in [6.45, 7) is 2.61. The fourth-order valence-electron chi connectivity index (χ4n) is 3.16. The summed E-state index contributed by atoms with van der Waals surface area (Å²) < 4.78 is 13.1. The molecule has 0 unspecified atom stereocenters. The zero-order valence-corrected chi connectivity index (χ0v) is 14.5. The summed E-state index contributed by atoms with van der Waals surface area (Å²) in [6.07, 6.45) is 2.39. The SMILES string of the molecule is Fc1ccc(CNc2nc(-c3ccccc3)cc(N3CCCC3)n2)cc1. The Balaban J connectivity index is 1.61. The minimum atomic E-state index is -0.229. The molecule has 3 aromatic rings. The zero-order valence-electron chi connectivity index (χ0n) is 14.5. The number of nitrogens with one attached hydrogen (secondary N) is 1. The van der Waals surface area contributed by atoms with Crippen LogP contribution in [0, 0.1) is 5.82 Å². The average Bonchev–Trinajstić information content (AvgIpc) is 3.23. The number of benzene rings is 2. The van der Waals surface area contributed by atoms with Gasteiger partial charge in [0, 0.05) is 31.3 Å². The van der Waals surface area contributed by atoms with Crippen LogP contribution < -0.4 is 10.2 Å². The average molecular weight is 348 g/mol. The summed E-state index contributed by atoms with van der Waals surface area (Å²) in [5, 5.41) is 3.28. The van der Waals surface area contributed by atoms with E-state index in [-0.39, 0.29) is 5.82 Å². The van der Waals surface area contributed by atoms with Gasteiger partial charge in [-0.15, -0.1) is 0 Å². The van der Waals surface area contributed by atoms with Crippen LogP contribution in [0.3, 0.4) is 0 Å². The van der Waals surface area contributed by atoms with E-state index in [9.17, 15) is 4.39 Å². The number of halogens is 1. The van der Waals surface area contributed by atoms with Crippen molar-refractivity contribution in [2.45, 2.75) is 19.4 Å². The third-order valence-corrected chi connectivity index (χ3v) is 4.58. The summed E-state index contributed by atoms with van der Waals surface area (Å²) >= 11 is 0. The van der Waals surface area contributed by atoms with Gasteiger partial charge in [0.1, 0.15) is 11.6 Å². The molecule has 0 atom stereocenters. The molecule has 1 aliphatic rings. The lowest BCUT2D eigenvalue weighted by molar-refractivity contribution is 0.627. The van der Waals surface area contributed by atoms with Crippen LogP contribution in [0.4, 0.5) is 16.2 Å². The third-order valence-electron chi connectivity index (χ3n) is 4.58. The molecule has 1 aromatic heterocycles. The number of anilines is 2. The fraction of sp³-hybridized carbons (Fsp3) is 0.238. The molecule has 2 aromatic carbocycles. The van der Waals surface area contributed by atoms with Crippen LogP contribution in [-0.4, -0.2) is 23.1 Å². The highest BCUT2D eigenvalue weighted by molar-refractivity contribution is 5.65. The zero-order chi connectivity index (χ0) is 17.8. The molecule has 1 aliphatic heterocycles. The van der Waals surface area contributed by atoms with Crippen molar-refractivity contribution in [2.24, 2.45) is 0 Å². The lowest BCUT2D eigenvalue weighted by atomic mass is 10.1. The lowest BCUT2D eigenvalue weighted by Crippen LogP contribution is -2.20. The Morgan fingerprint density at radius 3 is 2.38 bits per heavy atom. The van der Waals surface area contributed by atoms with Gasteiger partial charge < -0.3 is 10.2 Å². The molecule has 26 heavy (non-hydrogen) atoms. The molecule has 2 heterocycles. The molecule has 1 fully saturated rings. The maximum Gasteiger partial charge on any atom is 0.225 e. The Labute approximate surface area is 152 Å². The van der Waals surface area contributed by atoms with Crippen molar-refractivity contribution < 1.29 is 4.39 Å². The molecule has 0 spiro atoms. The number of hydrogen-bond acceptors (Lipinski definition) is 4. The van der Waals surface area contributed by atoms with E-state index in [0.29, 0.717) is 12.5 Å². The van der Waals surface area contributed by atoms with Crippen molar-refractivity contribution in [3.63, 3.8) is 0 Å². The first-order chi connectivity index (χ1) is 12.8. The molecule has 132 valence electrons. The van der Waals surface area contributed by atoms with E-state index < -0.39 is 0 Å². The van der Waals surface area contributed by atoms with Gasteiger partial charge in [0.15, 0.2) is 0 Å². The summed E-state index contributed by atoms with van der Waals surface area (Å²) in [6, 6.07) is 18.7. The molecule has 4 nitrogen and oxygen atoms in total. The molecule has 5 heteroatoms. The highest BCUT2D eigenvalue weighted by Crippen LogP contribution is 2.25. The Kier molecular flexibility index (Phi) is 4.78. The van der Waals surface area contributed by atoms with Crippen LogP contribution >= 0.6 is 0 Å². The molecular weight excluding hydrogens is 327 g/mol. The molecule has 0 bridgehead atoms. The van der Waals surface area contributed by atoms with Gasteiger partial charge in [-0.1, -0.05) is 42.5 Å². The first-order valence-electron chi connectivity index (χ1n) is 8.96. The minimum Gasteiger partial charge on any atom is -0.356 e. The minimum absolute atomic E-state index is 0.229. The van der Waals surface area contributed by atoms with Crippen molar-refractivity contribution in [3.05, 3.63) is 72.0 Å². The third kappa shape index (κ3) is 3.82. The van der Waals surface area contributed by atoms with Crippen LogP contribution in [0.25, 0.3) is 11.3 Å². The fourth-order valence-corrected chi connectivity index (χ4v) is 3.16. The second kappa shape index (κ2) is 7.52. The monoisotopic (exact) mass is 348 g/mol. The lowest BCUT2D eigenvalue weighted by Gasteiger charge is -2.18. The normalized spacial score (nSPS) is 13.8. The van der Waals surface area contributed by atoms with Crippen molar-refractivity contribution in [1.29, 1.82) is 0 Å². The van der Waals surface area contributed by atoms with E-state index in [0.717, 1.165) is 35.7 Å². The van der Waals surface area contributed by atoms with Gasteiger partial charge in [-0.05, 0) is 30.5 Å². The second-order valence-corrected chi connectivity index (χ2v) is 6.48. The van der Waals surface area contributed by atoms with Gasteiger partial charge in [-0.3, -0.25) is 0 Å². The Morgan fingerprint density at radius 1 is 0.923 bits per heavy atom. The van der Waals surface area contributed by atoms with Crippen LogP contribution in [0.5, 0.6) is 0 Å². The van der Waals surface area contributed by atoms with E-state index in [2.05, 4.69) is 33.4 Å². The standard InChI is InChI=1S/C21H21FN4/c22-18-10-8-16(9-11-18)15-23-21-24-19(17-6-2-1-3-7-17)14-20(25-21)26-12-4-5-13-26/h1-3,6-11,14H,4-5,12-13,15H2,(H,23,24,25). The Bertz CT molecular complexity index is 859. The quantitative estimate of drug-likeness (QED) is 0.737. The van der Waals surface area contributed by atoms with Gasteiger partial charge in [-0.2, -0.15) is 4.98 Å². The molecule has 0 radical (unpaired) electrons. The number of rotatable bonds is 5. The number of aromatic nitrogens is 2. The predicted molar refractivity (Wildman–Crippen MR) is 103 cm³/mol. The summed E-state index contributed by atoms with van der Waals surface area (Å²) in [4.78, 5) is 11.7. The predicted octanol–water partition coefficient (Wildman–Crippen LogP) is 4.50. The second-order valence-electron chi connectivity index (χ2n) is 6.48. The molecule has 0 aliphatic carbocycles. The summed E-state index contributed by atoms with van der Waals surface area (Å²) in [5.74, 6) is 1.32. The van der Waals surface area contributed by atoms with Crippen molar-refractivity contribution in [3.8, 4) is 11.3 Å². The van der Waals surface area contributed by atoms with E-state index in [4.69, 9.17) is 4.98 Å². The summed E-state index contributed by atoms with van der Waals surface area (Å²) in [7, 11) is 0. The van der Waals surface area contributed by atoms with Crippen LogP contribution in [0.15, 0.2) is 60.7 Å². The number of hydrogen-bond donors (Lipinski definition) is 1. The first kappa shape index (κ1) is 16.5. The van der Waals surface area contributed by atoms with Crippen LogP contribution in [-0.2, 0) is 6.54 Å².